The first-order valence-electron chi connectivity index (χ1n) is 6.92. The zero-order valence-corrected chi connectivity index (χ0v) is 11.4. The van der Waals surface area contributed by atoms with Crippen LogP contribution in [0.1, 0.15) is 28.4 Å². The van der Waals surface area contributed by atoms with E-state index in [1.54, 1.807) is 0 Å². The highest BCUT2D eigenvalue weighted by Crippen LogP contribution is 2.29. The number of H-pyrrole nitrogens is 1. The molecular formula is C16H16N4. The summed E-state index contributed by atoms with van der Waals surface area (Å²) in [6.07, 6.45) is 1.81. The number of pyridine rings is 1. The van der Waals surface area contributed by atoms with E-state index in [1.807, 2.05) is 12.3 Å². The minimum absolute atomic E-state index is 0.272. The van der Waals surface area contributed by atoms with Crippen LogP contribution in [0.5, 0.6) is 0 Å². The molecule has 20 heavy (non-hydrogen) atoms. The van der Waals surface area contributed by atoms with Crippen molar-refractivity contribution < 1.29 is 0 Å². The Hall–Kier alpha value is -2.20. The molecule has 0 fully saturated rings. The number of hydrogen-bond acceptors (Lipinski definition) is 3. The Morgan fingerprint density at radius 3 is 3.00 bits per heavy atom. The van der Waals surface area contributed by atoms with Crippen molar-refractivity contribution in [1.29, 1.82) is 0 Å². The van der Waals surface area contributed by atoms with Gasteiger partial charge in [0.05, 0.1) is 11.4 Å². The average molecular weight is 264 g/mol. The van der Waals surface area contributed by atoms with Gasteiger partial charge in [-0.1, -0.05) is 24.3 Å². The van der Waals surface area contributed by atoms with Gasteiger partial charge in [0.25, 0.3) is 0 Å². The predicted molar refractivity (Wildman–Crippen MR) is 78.6 cm³/mol. The van der Waals surface area contributed by atoms with Crippen molar-refractivity contribution in [2.24, 2.45) is 0 Å². The van der Waals surface area contributed by atoms with Crippen molar-refractivity contribution in [2.45, 2.75) is 19.4 Å². The molecule has 3 aromatic rings. The van der Waals surface area contributed by atoms with Gasteiger partial charge in [0.2, 0.25) is 0 Å². The molecule has 0 amide bonds. The van der Waals surface area contributed by atoms with Crippen LogP contribution in [0.2, 0.25) is 0 Å². The Kier molecular flexibility index (Phi) is 2.57. The molecule has 1 unspecified atom stereocenters. The Labute approximate surface area is 117 Å². The molecule has 4 nitrogen and oxygen atoms in total. The van der Waals surface area contributed by atoms with Crippen molar-refractivity contribution in [3.05, 3.63) is 59.0 Å². The fraction of sp³-hybridized carbons (Fsp3) is 0.250. The maximum absolute atomic E-state index is 4.69. The number of benzene rings is 1. The molecule has 3 heterocycles. The monoisotopic (exact) mass is 264 g/mol. The summed E-state index contributed by atoms with van der Waals surface area (Å²) in [5.74, 6) is 1.27. The maximum atomic E-state index is 4.69. The Bertz CT molecular complexity index is 775. The molecule has 1 atom stereocenters. The van der Waals surface area contributed by atoms with Gasteiger partial charge in [0, 0.05) is 19.3 Å². The molecule has 0 aliphatic carbocycles. The van der Waals surface area contributed by atoms with Crippen molar-refractivity contribution in [3.8, 4) is 0 Å². The van der Waals surface area contributed by atoms with Gasteiger partial charge in [-0.25, -0.2) is 9.97 Å². The fourth-order valence-electron chi connectivity index (χ4n) is 2.96. The highest BCUT2D eigenvalue weighted by atomic mass is 15.0. The summed E-state index contributed by atoms with van der Waals surface area (Å²) in [6.45, 7) is 3.93. The number of rotatable bonds is 1. The second-order valence-electron chi connectivity index (χ2n) is 5.33. The minimum Gasteiger partial charge on any atom is -0.340 e. The highest BCUT2D eigenvalue weighted by Gasteiger charge is 2.24. The maximum Gasteiger partial charge on any atom is 0.177 e. The molecule has 1 aliphatic heterocycles. The standard InChI is InChI=1S/C16H16N4/c1-10-6-7-18-16-14(10)19-15(20-16)13-9-17-8-11-4-2-3-5-12(11)13/h2-7,13,17H,8-9H2,1H3,(H,18,19,20). The van der Waals surface area contributed by atoms with E-state index >= 15 is 0 Å². The second-order valence-corrected chi connectivity index (χ2v) is 5.33. The number of aromatic amines is 1. The number of nitrogens with one attached hydrogen (secondary N) is 2. The summed E-state index contributed by atoms with van der Waals surface area (Å²) in [5, 5.41) is 3.47. The molecule has 0 spiro atoms. The molecule has 2 aromatic heterocycles. The van der Waals surface area contributed by atoms with Crippen LogP contribution in [0.3, 0.4) is 0 Å². The third kappa shape index (κ3) is 1.72. The molecule has 4 heteroatoms. The smallest absolute Gasteiger partial charge is 0.177 e. The van der Waals surface area contributed by atoms with Gasteiger partial charge in [0.15, 0.2) is 5.65 Å². The first kappa shape index (κ1) is 11.6. The van der Waals surface area contributed by atoms with Crippen LogP contribution >= 0.6 is 0 Å². The summed E-state index contributed by atoms with van der Waals surface area (Å²) in [5.41, 5.74) is 5.76. The van der Waals surface area contributed by atoms with E-state index in [-0.39, 0.29) is 5.92 Å². The summed E-state index contributed by atoms with van der Waals surface area (Å²) < 4.78 is 0. The SMILES string of the molecule is Cc1ccnc2nc(C3CNCc4ccccc43)[nH]c12. The molecule has 0 saturated heterocycles. The van der Waals surface area contributed by atoms with Gasteiger partial charge in [-0.3, -0.25) is 0 Å². The number of hydrogen-bond donors (Lipinski definition) is 2. The third-order valence-electron chi connectivity index (χ3n) is 4.04. The van der Waals surface area contributed by atoms with E-state index in [0.29, 0.717) is 0 Å². The third-order valence-corrected chi connectivity index (χ3v) is 4.04. The van der Waals surface area contributed by atoms with Crippen molar-refractivity contribution in [1.82, 2.24) is 20.3 Å². The quantitative estimate of drug-likeness (QED) is 0.710. The molecule has 0 saturated carbocycles. The summed E-state index contributed by atoms with van der Waals surface area (Å²) in [4.78, 5) is 12.5. The molecular weight excluding hydrogens is 248 g/mol. The van der Waals surface area contributed by atoms with E-state index < -0.39 is 0 Å². The largest absolute Gasteiger partial charge is 0.340 e. The first-order chi connectivity index (χ1) is 9.83. The van der Waals surface area contributed by atoms with Crippen LogP contribution in [-0.2, 0) is 6.54 Å². The summed E-state index contributed by atoms with van der Waals surface area (Å²) in [7, 11) is 0. The predicted octanol–water partition coefficient (Wildman–Crippen LogP) is 2.50. The van der Waals surface area contributed by atoms with Crippen LogP contribution in [0.4, 0.5) is 0 Å². The zero-order chi connectivity index (χ0) is 13.5. The van der Waals surface area contributed by atoms with Crippen LogP contribution in [0.15, 0.2) is 36.5 Å². The molecule has 4 rings (SSSR count). The fourth-order valence-corrected chi connectivity index (χ4v) is 2.96. The van der Waals surface area contributed by atoms with Crippen LogP contribution in [0.25, 0.3) is 11.2 Å². The lowest BCUT2D eigenvalue weighted by Gasteiger charge is -2.24. The lowest BCUT2D eigenvalue weighted by Crippen LogP contribution is -2.29. The van der Waals surface area contributed by atoms with E-state index in [0.717, 1.165) is 30.1 Å². The number of fused-ring (bicyclic) bond motifs is 2. The molecule has 0 bridgehead atoms. The zero-order valence-electron chi connectivity index (χ0n) is 11.4. The summed E-state index contributed by atoms with van der Waals surface area (Å²) >= 11 is 0. The number of aromatic nitrogens is 3. The van der Waals surface area contributed by atoms with Crippen molar-refractivity contribution >= 4 is 11.2 Å². The van der Waals surface area contributed by atoms with Crippen molar-refractivity contribution in [2.75, 3.05) is 6.54 Å². The lowest BCUT2D eigenvalue weighted by atomic mass is 9.90. The number of nitrogens with zero attached hydrogens (tertiary/aromatic N) is 2. The van der Waals surface area contributed by atoms with Gasteiger partial charge in [0.1, 0.15) is 5.82 Å². The Morgan fingerprint density at radius 2 is 2.10 bits per heavy atom. The van der Waals surface area contributed by atoms with Crippen LogP contribution in [-0.4, -0.2) is 21.5 Å². The Morgan fingerprint density at radius 1 is 1.20 bits per heavy atom. The normalized spacial score (nSPS) is 18.1. The molecule has 0 radical (unpaired) electrons. The van der Waals surface area contributed by atoms with Crippen LogP contribution in [0, 0.1) is 6.92 Å². The number of imidazole rings is 1. The van der Waals surface area contributed by atoms with Crippen molar-refractivity contribution in [3.63, 3.8) is 0 Å². The summed E-state index contributed by atoms with van der Waals surface area (Å²) in [6, 6.07) is 10.6. The lowest BCUT2D eigenvalue weighted by molar-refractivity contribution is 0.576. The average Bonchev–Trinajstić information content (AvgIpc) is 2.92. The molecule has 1 aliphatic rings. The van der Waals surface area contributed by atoms with Gasteiger partial charge in [-0.2, -0.15) is 0 Å². The van der Waals surface area contributed by atoms with E-state index in [9.17, 15) is 0 Å². The molecule has 2 N–H and O–H groups in total. The molecule has 100 valence electrons. The topological polar surface area (TPSA) is 53.6 Å². The molecule has 1 aromatic carbocycles. The van der Waals surface area contributed by atoms with E-state index in [4.69, 9.17) is 0 Å². The first-order valence-corrected chi connectivity index (χ1v) is 6.92. The second kappa shape index (κ2) is 4.42. The van der Waals surface area contributed by atoms with Gasteiger partial charge >= 0.3 is 0 Å². The minimum atomic E-state index is 0.272. The van der Waals surface area contributed by atoms with Gasteiger partial charge in [-0.05, 0) is 29.7 Å². The highest BCUT2D eigenvalue weighted by molar-refractivity contribution is 5.74. The van der Waals surface area contributed by atoms with Gasteiger partial charge < -0.3 is 10.3 Å². The Balaban J connectivity index is 1.86. The van der Waals surface area contributed by atoms with Crippen LogP contribution < -0.4 is 5.32 Å². The van der Waals surface area contributed by atoms with E-state index in [2.05, 4.69) is 51.5 Å². The number of aryl methyl sites for hydroxylation is 1. The van der Waals surface area contributed by atoms with Gasteiger partial charge in [-0.15, -0.1) is 0 Å². The van der Waals surface area contributed by atoms with E-state index in [1.165, 1.54) is 16.7 Å².